The highest BCUT2D eigenvalue weighted by Gasteiger charge is 1.98. The summed E-state index contributed by atoms with van der Waals surface area (Å²) in [5.74, 6) is 0.853. The Kier molecular flexibility index (Phi) is 2.45. The van der Waals surface area contributed by atoms with Crippen molar-refractivity contribution >= 4 is 0 Å². The van der Waals surface area contributed by atoms with E-state index in [1.165, 1.54) is 0 Å². The number of benzene rings is 1. The average molecular weight is 184 g/mol. The highest BCUT2D eigenvalue weighted by molar-refractivity contribution is 5.63. The van der Waals surface area contributed by atoms with Crippen LogP contribution in [0.2, 0.25) is 0 Å². The number of rotatable bonds is 2. The van der Waals surface area contributed by atoms with E-state index >= 15 is 0 Å². The Balaban J connectivity index is 2.42. The first-order chi connectivity index (χ1) is 6.90. The van der Waals surface area contributed by atoms with E-state index in [4.69, 9.17) is 4.74 Å². The first kappa shape index (κ1) is 8.75. The molecule has 0 unspecified atom stereocenters. The molecule has 0 atom stereocenters. The Labute approximate surface area is 83.2 Å². The zero-order valence-corrected chi connectivity index (χ0v) is 7.90. The fraction of sp³-hybridized carbons (Fsp3) is 0.0833. The summed E-state index contributed by atoms with van der Waals surface area (Å²) >= 11 is 0. The van der Waals surface area contributed by atoms with Gasteiger partial charge in [0, 0.05) is 24.0 Å². The highest BCUT2D eigenvalue weighted by atomic mass is 16.5. The number of hydrogen-bond donors (Lipinski definition) is 0. The molecule has 1 aromatic heterocycles. The van der Waals surface area contributed by atoms with E-state index in [-0.39, 0.29) is 0 Å². The molecular weight excluding hydrogens is 174 g/mol. The highest BCUT2D eigenvalue weighted by Crippen LogP contribution is 2.22. The Hall–Kier alpha value is -1.83. The van der Waals surface area contributed by atoms with E-state index in [0.29, 0.717) is 0 Å². The van der Waals surface area contributed by atoms with Crippen LogP contribution in [-0.2, 0) is 0 Å². The molecule has 2 heteroatoms. The van der Waals surface area contributed by atoms with E-state index in [1.54, 1.807) is 13.3 Å². The van der Waals surface area contributed by atoms with Crippen LogP contribution in [0.5, 0.6) is 5.75 Å². The quantitative estimate of drug-likeness (QED) is 0.715. The van der Waals surface area contributed by atoms with Crippen LogP contribution >= 0.6 is 0 Å². The molecule has 0 aliphatic rings. The van der Waals surface area contributed by atoms with Crippen molar-refractivity contribution in [3.63, 3.8) is 0 Å². The molecule has 2 nitrogen and oxygen atoms in total. The molecule has 0 amide bonds. The first-order valence-electron chi connectivity index (χ1n) is 4.35. The maximum atomic E-state index is 5.15. The molecule has 69 valence electrons. The zero-order valence-electron chi connectivity index (χ0n) is 7.90. The SMILES string of the molecule is COc1cccc(-c2c[c]cnc2)c1. The van der Waals surface area contributed by atoms with Crippen molar-refractivity contribution in [3.8, 4) is 16.9 Å². The molecule has 0 aliphatic carbocycles. The molecule has 0 saturated carbocycles. The van der Waals surface area contributed by atoms with E-state index < -0.39 is 0 Å². The van der Waals surface area contributed by atoms with Crippen molar-refractivity contribution in [2.75, 3.05) is 7.11 Å². The van der Waals surface area contributed by atoms with Gasteiger partial charge in [0.25, 0.3) is 0 Å². The third-order valence-electron chi connectivity index (χ3n) is 2.00. The van der Waals surface area contributed by atoms with Gasteiger partial charge in [-0.15, -0.1) is 0 Å². The van der Waals surface area contributed by atoms with E-state index in [2.05, 4.69) is 11.1 Å². The summed E-state index contributed by atoms with van der Waals surface area (Å²) < 4.78 is 5.15. The molecule has 2 aromatic rings. The molecule has 0 saturated heterocycles. The summed E-state index contributed by atoms with van der Waals surface area (Å²) in [6, 6.07) is 12.7. The predicted octanol–water partition coefficient (Wildman–Crippen LogP) is 2.56. The van der Waals surface area contributed by atoms with Gasteiger partial charge in [0.05, 0.1) is 7.11 Å². The number of methoxy groups -OCH3 is 1. The smallest absolute Gasteiger partial charge is 0.119 e. The minimum atomic E-state index is 0.853. The van der Waals surface area contributed by atoms with Crippen LogP contribution in [0.15, 0.2) is 42.7 Å². The lowest BCUT2D eigenvalue weighted by atomic mass is 10.1. The van der Waals surface area contributed by atoms with Gasteiger partial charge in [-0.3, -0.25) is 4.98 Å². The van der Waals surface area contributed by atoms with Gasteiger partial charge < -0.3 is 4.74 Å². The molecule has 14 heavy (non-hydrogen) atoms. The van der Waals surface area contributed by atoms with Gasteiger partial charge in [0.15, 0.2) is 0 Å². The molecule has 0 bridgehead atoms. The lowest BCUT2D eigenvalue weighted by Crippen LogP contribution is -1.84. The second kappa shape index (κ2) is 3.92. The van der Waals surface area contributed by atoms with Crippen molar-refractivity contribution in [1.82, 2.24) is 4.98 Å². The van der Waals surface area contributed by atoms with E-state index in [0.717, 1.165) is 16.9 Å². The van der Waals surface area contributed by atoms with E-state index in [9.17, 15) is 0 Å². The summed E-state index contributed by atoms with van der Waals surface area (Å²) in [6.07, 6.45) is 3.45. The molecule has 0 N–H and O–H groups in total. The molecule has 0 fully saturated rings. The predicted molar refractivity (Wildman–Crippen MR) is 55.1 cm³/mol. The second-order valence-electron chi connectivity index (χ2n) is 2.91. The Morgan fingerprint density at radius 1 is 1.29 bits per heavy atom. The number of hydrogen-bond acceptors (Lipinski definition) is 2. The van der Waals surface area contributed by atoms with Gasteiger partial charge in [0.1, 0.15) is 5.75 Å². The van der Waals surface area contributed by atoms with Crippen LogP contribution in [0.4, 0.5) is 0 Å². The number of aromatic nitrogens is 1. The lowest BCUT2D eigenvalue weighted by molar-refractivity contribution is 0.415. The van der Waals surface area contributed by atoms with E-state index in [1.807, 2.05) is 36.5 Å². The molecule has 1 radical (unpaired) electrons. The van der Waals surface area contributed by atoms with Crippen molar-refractivity contribution in [1.29, 1.82) is 0 Å². The van der Waals surface area contributed by atoms with Gasteiger partial charge in [-0.2, -0.15) is 0 Å². The Morgan fingerprint density at radius 3 is 2.93 bits per heavy atom. The number of ether oxygens (including phenoxy) is 1. The fourth-order valence-electron chi connectivity index (χ4n) is 1.29. The van der Waals surface area contributed by atoms with Gasteiger partial charge in [-0.05, 0) is 23.8 Å². The Morgan fingerprint density at radius 2 is 2.21 bits per heavy atom. The molecule has 0 spiro atoms. The van der Waals surface area contributed by atoms with Gasteiger partial charge in [0.2, 0.25) is 0 Å². The zero-order chi connectivity index (χ0) is 9.80. The Bertz CT molecular complexity index is 412. The van der Waals surface area contributed by atoms with Crippen molar-refractivity contribution in [2.24, 2.45) is 0 Å². The third-order valence-corrected chi connectivity index (χ3v) is 2.00. The summed E-state index contributed by atoms with van der Waals surface area (Å²) in [4.78, 5) is 4.02. The number of pyridine rings is 1. The minimum Gasteiger partial charge on any atom is -0.497 e. The summed E-state index contributed by atoms with van der Waals surface area (Å²) in [6.45, 7) is 0. The lowest BCUT2D eigenvalue weighted by Gasteiger charge is -2.03. The molecular formula is C12H10NO. The number of nitrogens with zero attached hydrogens (tertiary/aromatic N) is 1. The van der Waals surface area contributed by atoms with Gasteiger partial charge >= 0.3 is 0 Å². The summed E-state index contributed by atoms with van der Waals surface area (Å²) in [5.41, 5.74) is 2.14. The maximum Gasteiger partial charge on any atom is 0.119 e. The van der Waals surface area contributed by atoms with Crippen molar-refractivity contribution < 1.29 is 4.74 Å². The topological polar surface area (TPSA) is 22.1 Å². The minimum absolute atomic E-state index is 0.853. The van der Waals surface area contributed by atoms with Crippen LogP contribution in [0.3, 0.4) is 0 Å². The maximum absolute atomic E-state index is 5.15. The van der Waals surface area contributed by atoms with Crippen LogP contribution < -0.4 is 4.74 Å². The average Bonchev–Trinajstić information content (AvgIpc) is 2.30. The van der Waals surface area contributed by atoms with Gasteiger partial charge in [-0.25, -0.2) is 0 Å². The van der Waals surface area contributed by atoms with Crippen LogP contribution in [0.25, 0.3) is 11.1 Å². The first-order valence-corrected chi connectivity index (χ1v) is 4.35. The van der Waals surface area contributed by atoms with Crippen LogP contribution in [0, 0.1) is 6.07 Å². The monoisotopic (exact) mass is 184 g/mol. The summed E-state index contributed by atoms with van der Waals surface area (Å²) in [5, 5.41) is 0. The van der Waals surface area contributed by atoms with Crippen molar-refractivity contribution in [3.05, 3.63) is 48.8 Å². The van der Waals surface area contributed by atoms with Crippen molar-refractivity contribution in [2.45, 2.75) is 0 Å². The standard InChI is InChI=1S/C12H10NO/c1-14-12-6-2-4-10(8-12)11-5-3-7-13-9-11/h2,4-9H,1H3. The molecule has 1 aromatic carbocycles. The normalized spacial score (nSPS) is 9.79. The van der Waals surface area contributed by atoms with Crippen LogP contribution in [0.1, 0.15) is 0 Å². The summed E-state index contributed by atoms with van der Waals surface area (Å²) in [7, 11) is 1.66. The fourth-order valence-corrected chi connectivity index (χ4v) is 1.29. The second-order valence-corrected chi connectivity index (χ2v) is 2.91. The largest absolute Gasteiger partial charge is 0.497 e. The molecule has 0 aliphatic heterocycles. The van der Waals surface area contributed by atoms with Crippen LogP contribution in [-0.4, -0.2) is 12.1 Å². The van der Waals surface area contributed by atoms with Gasteiger partial charge in [-0.1, -0.05) is 12.1 Å². The third kappa shape index (κ3) is 1.74. The molecule has 1 heterocycles. The molecule has 2 rings (SSSR count).